The highest BCUT2D eigenvalue weighted by Crippen LogP contribution is 2.26. The van der Waals surface area contributed by atoms with Gasteiger partial charge >= 0.3 is 6.09 Å². The number of carbonyl (C=O) groups excluding carboxylic acids is 1. The first kappa shape index (κ1) is 14.6. The van der Waals surface area contributed by atoms with Gasteiger partial charge in [-0.1, -0.05) is 6.42 Å². The van der Waals surface area contributed by atoms with Gasteiger partial charge in [0, 0.05) is 11.3 Å². The maximum absolute atomic E-state index is 11.5. The molecule has 1 aliphatic carbocycles. The van der Waals surface area contributed by atoms with Crippen LogP contribution in [0.15, 0.2) is 0 Å². The number of amides is 1. The third-order valence-electron chi connectivity index (χ3n) is 2.74. The Hall–Kier alpha value is -0.420. The third kappa shape index (κ3) is 6.17. The first-order valence-electron chi connectivity index (χ1n) is 6.18. The summed E-state index contributed by atoms with van der Waals surface area (Å²) in [6, 6.07) is 0.369. The average molecular weight is 260 g/mol. The molecular formula is C12H24N2O2S. The Morgan fingerprint density at radius 2 is 2.06 bits per heavy atom. The standard InChI is InChI=1S/C12H24N2O2S/c1-12(2,3)16-11(15)14-13-9-6-5-7-10(8-9)17-4/h9-10,13H,5-8H2,1-4H3,(H,14,15). The maximum Gasteiger partial charge on any atom is 0.422 e. The summed E-state index contributed by atoms with van der Waals surface area (Å²) in [6.07, 6.45) is 6.48. The highest BCUT2D eigenvalue weighted by molar-refractivity contribution is 7.99. The van der Waals surface area contributed by atoms with Crippen LogP contribution in [-0.4, -0.2) is 29.2 Å². The molecule has 0 aliphatic heterocycles. The summed E-state index contributed by atoms with van der Waals surface area (Å²) in [5.41, 5.74) is 5.26. The zero-order valence-corrected chi connectivity index (χ0v) is 12.0. The Kier molecular flexibility index (Phi) is 5.59. The zero-order valence-electron chi connectivity index (χ0n) is 11.2. The summed E-state index contributed by atoms with van der Waals surface area (Å²) in [5.74, 6) is 0. The van der Waals surface area contributed by atoms with Crippen LogP contribution in [0.25, 0.3) is 0 Å². The molecule has 100 valence electrons. The van der Waals surface area contributed by atoms with Gasteiger partial charge in [0.1, 0.15) is 5.60 Å². The molecule has 1 amide bonds. The summed E-state index contributed by atoms with van der Waals surface area (Å²) in [6.45, 7) is 5.57. The van der Waals surface area contributed by atoms with Crippen LogP contribution in [0.1, 0.15) is 46.5 Å². The lowest BCUT2D eigenvalue weighted by Gasteiger charge is -2.29. The van der Waals surface area contributed by atoms with Crippen LogP contribution in [0, 0.1) is 0 Å². The van der Waals surface area contributed by atoms with E-state index in [0.29, 0.717) is 11.3 Å². The molecule has 2 N–H and O–H groups in total. The molecule has 1 fully saturated rings. The lowest BCUT2D eigenvalue weighted by atomic mass is 9.95. The SMILES string of the molecule is CSC1CCCC(NNC(=O)OC(C)(C)C)C1. The summed E-state index contributed by atoms with van der Waals surface area (Å²) in [4.78, 5) is 11.5. The molecule has 0 heterocycles. The van der Waals surface area contributed by atoms with Gasteiger partial charge in [0.25, 0.3) is 0 Å². The fraction of sp³-hybridized carbons (Fsp3) is 0.917. The second-order valence-corrected chi connectivity index (χ2v) is 6.63. The van der Waals surface area contributed by atoms with E-state index in [-0.39, 0.29) is 0 Å². The van der Waals surface area contributed by atoms with Crippen molar-refractivity contribution in [1.29, 1.82) is 0 Å². The lowest BCUT2D eigenvalue weighted by Crippen LogP contribution is -2.48. The Balaban J connectivity index is 2.23. The summed E-state index contributed by atoms with van der Waals surface area (Å²) >= 11 is 1.91. The number of nitrogens with one attached hydrogen (secondary N) is 2. The normalized spacial score (nSPS) is 25.4. The van der Waals surface area contributed by atoms with E-state index < -0.39 is 11.7 Å². The Morgan fingerprint density at radius 3 is 2.65 bits per heavy atom. The minimum Gasteiger partial charge on any atom is -0.443 e. The van der Waals surface area contributed by atoms with E-state index in [4.69, 9.17) is 4.74 Å². The van der Waals surface area contributed by atoms with E-state index in [0.717, 1.165) is 12.8 Å². The third-order valence-corrected chi connectivity index (χ3v) is 3.83. The fourth-order valence-electron chi connectivity index (χ4n) is 1.95. The van der Waals surface area contributed by atoms with Gasteiger partial charge in [0.2, 0.25) is 0 Å². The zero-order chi connectivity index (χ0) is 12.9. The molecular weight excluding hydrogens is 236 g/mol. The van der Waals surface area contributed by atoms with Gasteiger partial charge in [-0.05, 0) is 46.3 Å². The second-order valence-electron chi connectivity index (χ2n) is 5.49. The van der Waals surface area contributed by atoms with Crippen molar-refractivity contribution in [3.63, 3.8) is 0 Å². The van der Waals surface area contributed by atoms with Crippen LogP contribution in [-0.2, 0) is 4.74 Å². The summed E-state index contributed by atoms with van der Waals surface area (Å²) in [5, 5.41) is 0.710. The first-order valence-corrected chi connectivity index (χ1v) is 7.47. The molecule has 1 saturated carbocycles. The van der Waals surface area contributed by atoms with Crippen molar-refractivity contribution in [2.24, 2.45) is 0 Å². The van der Waals surface area contributed by atoms with Crippen LogP contribution in [0.3, 0.4) is 0 Å². The molecule has 0 spiro atoms. The van der Waals surface area contributed by atoms with E-state index in [9.17, 15) is 4.79 Å². The Bertz CT molecular complexity index is 253. The Labute approximate surface area is 108 Å². The lowest BCUT2D eigenvalue weighted by molar-refractivity contribution is 0.0483. The number of hydrogen-bond donors (Lipinski definition) is 2. The average Bonchev–Trinajstić information content (AvgIpc) is 2.24. The number of hydrogen-bond acceptors (Lipinski definition) is 4. The van der Waals surface area contributed by atoms with Gasteiger partial charge in [0.15, 0.2) is 0 Å². The van der Waals surface area contributed by atoms with E-state index in [1.165, 1.54) is 12.8 Å². The smallest absolute Gasteiger partial charge is 0.422 e. The van der Waals surface area contributed by atoms with Gasteiger partial charge in [0.05, 0.1) is 0 Å². The quantitative estimate of drug-likeness (QED) is 0.766. The van der Waals surface area contributed by atoms with Crippen LogP contribution in [0.4, 0.5) is 4.79 Å². The molecule has 0 saturated heterocycles. The van der Waals surface area contributed by atoms with Crippen molar-refractivity contribution in [1.82, 2.24) is 10.9 Å². The monoisotopic (exact) mass is 260 g/mol. The molecule has 4 nitrogen and oxygen atoms in total. The van der Waals surface area contributed by atoms with Gasteiger partial charge in [-0.15, -0.1) is 0 Å². The predicted molar refractivity (Wildman–Crippen MR) is 72.1 cm³/mol. The Morgan fingerprint density at radius 1 is 1.35 bits per heavy atom. The van der Waals surface area contributed by atoms with Gasteiger partial charge in [-0.3, -0.25) is 5.43 Å². The van der Waals surface area contributed by atoms with Crippen molar-refractivity contribution in [2.45, 2.75) is 63.3 Å². The molecule has 1 rings (SSSR count). The van der Waals surface area contributed by atoms with E-state index >= 15 is 0 Å². The highest BCUT2D eigenvalue weighted by Gasteiger charge is 2.22. The molecule has 5 heteroatoms. The number of rotatable bonds is 3. The predicted octanol–water partition coefficient (Wildman–Crippen LogP) is 2.69. The molecule has 0 aromatic rings. The maximum atomic E-state index is 11.5. The van der Waals surface area contributed by atoms with Crippen molar-refractivity contribution < 1.29 is 9.53 Å². The van der Waals surface area contributed by atoms with E-state index in [2.05, 4.69) is 17.1 Å². The van der Waals surface area contributed by atoms with Crippen molar-refractivity contribution >= 4 is 17.9 Å². The topological polar surface area (TPSA) is 50.4 Å². The van der Waals surface area contributed by atoms with E-state index in [1.54, 1.807) is 0 Å². The van der Waals surface area contributed by atoms with Crippen molar-refractivity contribution in [3.05, 3.63) is 0 Å². The van der Waals surface area contributed by atoms with Gasteiger partial charge in [-0.25, -0.2) is 10.2 Å². The molecule has 2 atom stereocenters. The molecule has 1 aliphatic rings. The number of ether oxygens (including phenoxy) is 1. The molecule has 0 radical (unpaired) electrons. The minimum absolute atomic E-state index is 0.369. The minimum atomic E-state index is -0.444. The number of hydrazine groups is 1. The van der Waals surface area contributed by atoms with Crippen molar-refractivity contribution in [3.8, 4) is 0 Å². The largest absolute Gasteiger partial charge is 0.443 e. The first-order chi connectivity index (χ1) is 7.90. The molecule has 0 aromatic heterocycles. The highest BCUT2D eigenvalue weighted by atomic mass is 32.2. The fourth-order valence-corrected chi connectivity index (χ4v) is 2.78. The summed E-state index contributed by atoms with van der Waals surface area (Å²) in [7, 11) is 0. The molecule has 17 heavy (non-hydrogen) atoms. The number of carbonyl (C=O) groups is 1. The van der Waals surface area contributed by atoms with Crippen molar-refractivity contribution in [2.75, 3.05) is 6.26 Å². The molecule has 0 bridgehead atoms. The van der Waals surface area contributed by atoms with Crippen LogP contribution in [0.5, 0.6) is 0 Å². The van der Waals surface area contributed by atoms with Gasteiger partial charge < -0.3 is 4.74 Å². The molecule has 2 unspecified atom stereocenters. The van der Waals surface area contributed by atoms with Crippen LogP contribution < -0.4 is 10.9 Å². The summed E-state index contributed by atoms with van der Waals surface area (Å²) < 4.78 is 5.16. The second kappa shape index (κ2) is 6.50. The van der Waals surface area contributed by atoms with Crippen LogP contribution >= 0.6 is 11.8 Å². The van der Waals surface area contributed by atoms with E-state index in [1.807, 2.05) is 32.5 Å². The molecule has 0 aromatic carbocycles. The van der Waals surface area contributed by atoms with Crippen LogP contribution in [0.2, 0.25) is 0 Å². The number of thioether (sulfide) groups is 1. The van der Waals surface area contributed by atoms with Gasteiger partial charge in [-0.2, -0.15) is 11.8 Å².